The molecule has 0 radical (unpaired) electrons. The molecule has 1 saturated carbocycles. The van der Waals surface area contributed by atoms with Crippen LogP contribution in [0.5, 0.6) is 5.75 Å². The van der Waals surface area contributed by atoms with E-state index in [2.05, 4.69) is 16.0 Å². The molecule has 144 valence electrons. The average molecular weight is 389 g/mol. The minimum atomic E-state index is -5.64. The largest absolute Gasteiger partial charge is 0.534 e. The van der Waals surface area contributed by atoms with Crippen LogP contribution in [-0.4, -0.2) is 38.0 Å². The Labute approximate surface area is 151 Å². The van der Waals surface area contributed by atoms with Crippen molar-refractivity contribution in [3.05, 3.63) is 29.3 Å². The molecule has 4 rings (SSSR count). The van der Waals surface area contributed by atoms with Gasteiger partial charge in [-0.15, -0.1) is 0 Å². The van der Waals surface area contributed by atoms with Gasteiger partial charge >= 0.3 is 15.6 Å². The quantitative estimate of drug-likeness (QED) is 0.582. The molecule has 1 saturated heterocycles. The fraction of sp³-hybridized carbons (Fsp3) is 0.667. The Balaban J connectivity index is 1.58. The highest BCUT2D eigenvalue weighted by Gasteiger charge is 2.49. The smallest absolute Gasteiger partial charge is 0.376 e. The standard InChI is InChI=1S/C18H22F3NO3S/c1-11-9-22(10-12-2-3-12)14-6-13-4-5-15(8-17(13)16(11)7-14)25-26(23,24)18(19,20)21/h4-5,8,11-12,14,16H,2-3,6-7,9-10H2,1H3/t11-,14-,16-/m1/s1. The molecule has 4 nitrogen and oxygen atoms in total. The number of halogens is 3. The first-order valence-corrected chi connectivity index (χ1v) is 10.4. The van der Waals surface area contributed by atoms with Crippen molar-refractivity contribution in [1.82, 2.24) is 4.90 Å². The third-order valence-electron chi connectivity index (χ3n) is 5.90. The summed E-state index contributed by atoms with van der Waals surface area (Å²) in [5.41, 5.74) is -3.39. The van der Waals surface area contributed by atoms with Crippen LogP contribution in [0.15, 0.2) is 18.2 Å². The van der Waals surface area contributed by atoms with Gasteiger partial charge in [0.25, 0.3) is 0 Å². The molecule has 0 aromatic heterocycles. The highest BCUT2D eigenvalue weighted by Crippen LogP contribution is 2.45. The second kappa shape index (κ2) is 6.12. The minimum Gasteiger partial charge on any atom is -0.376 e. The Bertz CT molecular complexity index is 804. The van der Waals surface area contributed by atoms with Gasteiger partial charge in [0.05, 0.1) is 0 Å². The molecular formula is C18H22F3NO3S. The SMILES string of the molecule is C[C@@H]1CN(CC2CC2)[C@@H]2Cc3ccc(OS(=O)(=O)C(F)(F)F)cc3[C@@H]1C2. The summed E-state index contributed by atoms with van der Waals surface area (Å²) in [6, 6.07) is 5.02. The van der Waals surface area contributed by atoms with Gasteiger partial charge in [-0.05, 0) is 66.7 Å². The molecule has 1 heterocycles. The molecular weight excluding hydrogens is 367 g/mol. The van der Waals surface area contributed by atoms with Crippen molar-refractivity contribution in [1.29, 1.82) is 0 Å². The van der Waals surface area contributed by atoms with Crippen molar-refractivity contribution in [2.75, 3.05) is 13.1 Å². The molecule has 2 aliphatic carbocycles. The molecule has 1 aromatic carbocycles. The molecule has 8 heteroatoms. The minimum absolute atomic E-state index is 0.233. The van der Waals surface area contributed by atoms with E-state index in [0.717, 1.165) is 43.0 Å². The zero-order valence-electron chi connectivity index (χ0n) is 14.5. The molecule has 1 aromatic rings. The monoisotopic (exact) mass is 389 g/mol. The number of hydrogen-bond acceptors (Lipinski definition) is 4. The highest BCUT2D eigenvalue weighted by molar-refractivity contribution is 7.88. The number of rotatable bonds is 4. The van der Waals surface area contributed by atoms with Crippen molar-refractivity contribution in [3.63, 3.8) is 0 Å². The molecule has 0 N–H and O–H groups in total. The molecule has 0 spiro atoms. The first-order chi connectivity index (χ1) is 12.1. The number of alkyl halides is 3. The molecule has 1 aliphatic heterocycles. The zero-order valence-corrected chi connectivity index (χ0v) is 15.3. The number of likely N-dealkylation sites (tertiary alicyclic amines) is 1. The molecule has 2 bridgehead atoms. The summed E-state index contributed by atoms with van der Waals surface area (Å²) in [6.07, 6.45) is 4.45. The summed E-state index contributed by atoms with van der Waals surface area (Å²) < 4.78 is 64.5. The third kappa shape index (κ3) is 3.33. The lowest BCUT2D eigenvalue weighted by Gasteiger charge is -2.47. The number of benzene rings is 1. The van der Waals surface area contributed by atoms with Crippen LogP contribution in [0.4, 0.5) is 13.2 Å². The number of hydrogen-bond donors (Lipinski definition) is 0. The van der Waals surface area contributed by atoms with Crippen LogP contribution < -0.4 is 4.18 Å². The second-order valence-corrected chi connectivity index (χ2v) is 9.46. The van der Waals surface area contributed by atoms with Crippen molar-refractivity contribution in [2.45, 2.75) is 50.1 Å². The Morgan fingerprint density at radius 2 is 2.00 bits per heavy atom. The van der Waals surface area contributed by atoms with Crippen molar-refractivity contribution in [2.24, 2.45) is 11.8 Å². The predicted octanol–water partition coefficient (Wildman–Crippen LogP) is 3.68. The normalized spacial score (nSPS) is 29.3. The lowest BCUT2D eigenvalue weighted by atomic mass is 9.70. The Kier molecular flexibility index (Phi) is 4.26. The second-order valence-electron chi connectivity index (χ2n) is 7.92. The zero-order chi connectivity index (χ0) is 18.7. The summed E-state index contributed by atoms with van der Waals surface area (Å²) in [5, 5.41) is 0. The molecule has 0 amide bonds. The lowest BCUT2D eigenvalue weighted by molar-refractivity contribution is -0.0500. The van der Waals surface area contributed by atoms with Gasteiger partial charge in [-0.2, -0.15) is 21.6 Å². The van der Waals surface area contributed by atoms with Crippen LogP contribution in [0.3, 0.4) is 0 Å². The van der Waals surface area contributed by atoms with Crippen LogP contribution in [-0.2, 0) is 16.5 Å². The number of nitrogens with zero attached hydrogens (tertiary/aromatic N) is 1. The van der Waals surface area contributed by atoms with Gasteiger partial charge in [-0.1, -0.05) is 13.0 Å². The molecule has 2 fully saturated rings. The van der Waals surface area contributed by atoms with Crippen molar-refractivity contribution >= 4 is 10.1 Å². The fourth-order valence-electron chi connectivity index (χ4n) is 4.41. The van der Waals surface area contributed by atoms with E-state index in [-0.39, 0.29) is 11.7 Å². The topological polar surface area (TPSA) is 46.6 Å². The first-order valence-electron chi connectivity index (χ1n) is 9.01. The number of piperidine rings is 1. The third-order valence-corrected chi connectivity index (χ3v) is 6.88. The molecule has 26 heavy (non-hydrogen) atoms. The van der Waals surface area contributed by atoms with E-state index in [1.165, 1.54) is 25.0 Å². The van der Waals surface area contributed by atoms with Gasteiger partial charge in [0, 0.05) is 19.1 Å². The van der Waals surface area contributed by atoms with Gasteiger partial charge in [0.15, 0.2) is 0 Å². The van der Waals surface area contributed by atoms with Gasteiger partial charge < -0.3 is 4.18 Å². The van der Waals surface area contributed by atoms with E-state index in [0.29, 0.717) is 12.0 Å². The van der Waals surface area contributed by atoms with E-state index in [4.69, 9.17) is 0 Å². The van der Waals surface area contributed by atoms with Crippen LogP contribution in [0.1, 0.15) is 43.2 Å². The maximum Gasteiger partial charge on any atom is 0.534 e. The van der Waals surface area contributed by atoms with Crippen LogP contribution in [0.2, 0.25) is 0 Å². The molecule has 3 atom stereocenters. The summed E-state index contributed by atoms with van der Waals surface area (Å²) >= 11 is 0. The first kappa shape index (κ1) is 18.1. The van der Waals surface area contributed by atoms with E-state index in [9.17, 15) is 21.6 Å². The van der Waals surface area contributed by atoms with E-state index in [1.807, 2.05) is 0 Å². The lowest BCUT2D eigenvalue weighted by Crippen LogP contribution is -2.50. The van der Waals surface area contributed by atoms with Gasteiger partial charge in [-0.3, -0.25) is 4.90 Å². The van der Waals surface area contributed by atoms with Crippen molar-refractivity contribution < 1.29 is 25.8 Å². The summed E-state index contributed by atoms with van der Waals surface area (Å²) in [6.45, 7) is 4.29. The van der Waals surface area contributed by atoms with E-state index >= 15 is 0 Å². The maximum absolute atomic E-state index is 12.6. The fourth-order valence-corrected chi connectivity index (χ4v) is 4.86. The van der Waals surface area contributed by atoms with Gasteiger partial charge in [0.2, 0.25) is 0 Å². The highest BCUT2D eigenvalue weighted by atomic mass is 32.2. The summed E-state index contributed by atoms with van der Waals surface area (Å²) in [7, 11) is -5.64. The van der Waals surface area contributed by atoms with Crippen LogP contribution in [0.25, 0.3) is 0 Å². The molecule has 3 aliphatic rings. The van der Waals surface area contributed by atoms with Crippen LogP contribution in [0, 0.1) is 11.8 Å². The number of fused-ring (bicyclic) bond motifs is 4. The Morgan fingerprint density at radius 1 is 1.27 bits per heavy atom. The molecule has 0 unspecified atom stereocenters. The van der Waals surface area contributed by atoms with Crippen LogP contribution >= 0.6 is 0 Å². The average Bonchev–Trinajstić information content (AvgIpc) is 3.35. The van der Waals surface area contributed by atoms with Gasteiger partial charge in [0.1, 0.15) is 5.75 Å². The summed E-state index contributed by atoms with van der Waals surface area (Å²) in [5.74, 6) is 1.17. The van der Waals surface area contributed by atoms with Gasteiger partial charge in [-0.25, -0.2) is 0 Å². The Hall–Kier alpha value is -1.28. The predicted molar refractivity (Wildman–Crippen MR) is 90.4 cm³/mol. The van der Waals surface area contributed by atoms with E-state index < -0.39 is 15.6 Å². The van der Waals surface area contributed by atoms with E-state index in [1.54, 1.807) is 6.07 Å². The maximum atomic E-state index is 12.6. The van der Waals surface area contributed by atoms with Crippen molar-refractivity contribution in [3.8, 4) is 5.75 Å². The Morgan fingerprint density at radius 3 is 2.65 bits per heavy atom. The summed E-state index contributed by atoms with van der Waals surface area (Å²) in [4.78, 5) is 2.57.